The standard InChI is InChI=1S/C16H18O3/c1-11(17)16-12(2)19-9-8-14(16)10-15(18)13-6-4-3-5-7-13/h3-7,14H,8-10H2,1-2H3. The van der Waals surface area contributed by atoms with Gasteiger partial charge in [-0.3, -0.25) is 9.59 Å². The lowest BCUT2D eigenvalue weighted by Crippen LogP contribution is -2.23. The van der Waals surface area contributed by atoms with Crippen LogP contribution in [0.25, 0.3) is 0 Å². The third kappa shape index (κ3) is 3.11. The van der Waals surface area contributed by atoms with Gasteiger partial charge < -0.3 is 4.74 Å². The van der Waals surface area contributed by atoms with Crippen LogP contribution in [0, 0.1) is 5.92 Å². The number of allylic oxidation sites excluding steroid dienone is 2. The molecule has 2 rings (SSSR count). The molecule has 1 heterocycles. The van der Waals surface area contributed by atoms with Crippen LogP contribution >= 0.6 is 0 Å². The maximum atomic E-state index is 12.2. The molecule has 0 aliphatic carbocycles. The fraction of sp³-hybridized carbons (Fsp3) is 0.375. The Morgan fingerprint density at radius 3 is 2.58 bits per heavy atom. The first-order chi connectivity index (χ1) is 9.09. The summed E-state index contributed by atoms with van der Waals surface area (Å²) >= 11 is 0. The van der Waals surface area contributed by atoms with Crippen molar-refractivity contribution in [3.8, 4) is 0 Å². The van der Waals surface area contributed by atoms with Crippen molar-refractivity contribution in [1.82, 2.24) is 0 Å². The third-order valence-electron chi connectivity index (χ3n) is 3.48. The summed E-state index contributed by atoms with van der Waals surface area (Å²) in [5.41, 5.74) is 1.38. The Hall–Kier alpha value is -1.90. The zero-order valence-electron chi connectivity index (χ0n) is 11.3. The van der Waals surface area contributed by atoms with Crippen LogP contribution in [-0.2, 0) is 9.53 Å². The van der Waals surface area contributed by atoms with Gasteiger partial charge in [0, 0.05) is 23.5 Å². The van der Waals surface area contributed by atoms with Crippen LogP contribution < -0.4 is 0 Å². The highest BCUT2D eigenvalue weighted by molar-refractivity contribution is 5.99. The molecular formula is C16H18O3. The summed E-state index contributed by atoms with van der Waals surface area (Å²) in [6, 6.07) is 9.21. The number of hydrogen-bond donors (Lipinski definition) is 0. The lowest BCUT2D eigenvalue weighted by atomic mass is 9.85. The highest BCUT2D eigenvalue weighted by Gasteiger charge is 2.27. The second-order valence-corrected chi connectivity index (χ2v) is 4.85. The summed E-state index contributed by atoms with van der Waals surface area (Å²) in [5, 5.41) is 0. The van der Waals surface area contributed by atoms with Gasteiger partial charge in [0.25, 0.3) is 0 Å². The number of benzene rings is 1. The molecule has 1 aromatic rings. The van der Waals surface area contributed by atoms with E-state index >= 15 is 0 Å². The number of rotatable bonds is 4. The van der Waals surface area contributed by atoms with Gasteiger partial charge in [0.2, 0.25) is 0 Å². The zero-order chi connectivity index (χ0) is 13.8. The average molecular weight is 258 g/mol. The summed E-state index contributed by atoms with van der Waals surface area (Å²) < 4.78 is 5.42. The van der Waals surface area contributed by atoms with Crippen LogP contribution in [0.1, 0.15) is 37.0 Å². The van der Waals surface area contributed by atoms with Crippen molar-refractivity contribution in [2.24, 2.45) is 5.92 Å². The zero-order valence-corrected chi connectivity index (χ0v) is 11.3. The highest BCUT2D eigenvalue weighted by Crippen LogP contribution is 2.29. The fourth-order valence-corrected chi connectivity index (χ4v) is 2.57. The number of carbonyl (C=O) groups is 2. The van der Waals surface area contributed by atoms with Crippen LogP contribution in [0.15, 0.2) is 41.7 Å². The molecule has 19 heavy (non-hydrogen) atoms. The van der Waals surface area contributed by atoms with E-state index in [1.54, 1.807) is 6.92 Å². The van der Waals surface area contributed by atoms with Crippen molar-refractivity contribution in [1.29, 1.82) is 0 Å². The van der Waals surface area contributed by atoms with Crippen molar-refractivity contribution in [3.05, 3.63) is 47.2 Å². The van der Waals surface area contributed by atoms with Crippen molar-refractivity contribution < 1.29 is 14.3 Å². The predicted octanol–water partition coefficient (Wildman–Crippen LogP) is 3.16. The summed E-state index contributed by atoms with van der Waals surface area (Å²) in [5.74, 6) is 0.741. The normalized spacial score (nSPS) is 18.9. The van der Waals surface area contributed by atoms with Crippen LogP contribution in [0.2, 0.25) is 0 Å². The van der Waals surface area contributed by atoms with Gasteiger partial charge in [0.05, 0.1) is 12.4 Å². The van der Waals surface area contributed by atoms with E-state index < -0.39 is 0 Å². The molecule has 1 aliphatic rings. The lowest BCUT2D eigenvalue weighted by Gasteiger charge is -2.25. The molecule has 3 nitrogen and oxygen atoms in total. The molecule has 1 aliphatic heterocycles. The maximum Gasteiger partial charge on any atom is 0.163 e. The van der Waals surface area contributed by atoms with Gasteiger partial charge in [-0.05, 0) is 20.3 Å². The minimum Gasteiger partial charge on any atom is -0.498 e. The fourth-order valence-electron chi connectivity index (χ4n) is 2.57. The first-order valence-electron chi connectivity index (χ1n) is 6.52. The van der Waals surface area contributed by atoms with E-state index in [2.05, 4.69) is 0 Å². The van der Waals surface area contributed by atoms with Crippen molar-refractivity contribution in [3.63, 3.8) is 0 Å². The number of Topliss-reactive ketones (excluding diaryl/α,β-unsaturated/α-hetero) is 2. The van der Waals surface area contributed by atoms with Crippen molar-refractivity contribution in [2.75, 3.05) is 6.61 Å². The van der Waals surface area contributed by atoms with Crippen LogP contribution in [0.3, 0.4) is 0 Å². The molecule has 0 saturated carbocycles. The number of hydrogen-bond acceptors (Lipinski definition) is 3. The topological polar surface area (TPSA) is 43.4 Å². The van der Waals surface area contributed by atoms with E-state index in [-0.39, 0.29) is 17.5 Å². The Bertz CT molecular complexity index is 514. The molecule has 0 bridgehead atoms. The molecule has 0 N–H and O–H groups in total. The van der Waals surface area contributed by atoms with Crippen molar-refractivity contribution >= 4 is 11.6 Å². The van der Waals surface area contributed by atoms with Gasteiger partial charge in [-0.2, -0.15) is 0 Å². The van der Waals surface area contributed by atoms with Gasteiger partial charge in [0.1, 0.15) is 0 Å². The molecular weight excluding hydrogens is 240 g/mol. The molecule has 1 atom stereocenters. The Morgan fingerprint density at radius 1 is 1.26 bits per heavy atom. The number of ether oxygens (including phenoxy) is 1. The summed E-state index contributed by atoms with van der Waals surface area (Å²) in [6.45, 7) is 3.92. The molecule has 0 spiro atoms. The minimum absolute atomic E-state index is 0.00283. The first kappa shape index (κ1) is 13.5. The molecule has 100 valence electrons. The van der Waals surface area contributed by atoms with Gasteiger partial charge >= 0.3 is 0 Å². The van der Waals surface area contributed by atoms with Gasteiger partial charge in [-0.15, -0.1) is 0 Å². The maximum absolute atomic E-state index is 12.2. The van der Waals surface area contributed by atoms with E-state index in [9.17, 15) is 9.59 Å². The highest BCUT2D eigenvalue weighted by atomic mass is 16.5. The predicted molar refractivity (Wildman–Crippen MR) is 72.8 cm³/mol. The molecule has 1 unspecified atom stereocenters. The SMILES string of the molecule is CC(=O)C1=C(C)OCCC1CC(=O)c1ccccc1. The van der Waals surface area contributed by atoms with E-state index in [1.807, 2.05) is 30.3 Å². The minimum atomic E-state index is -0.0149. The van der Waals surface area contributed by atoms with E-state index in [0.717, 1.165) is 6.42 Å². The van der Waals surface area contributed by atoms with E-state index in [0.29, 0.717) is 29.9 Å². The molecule has 3 heteroatoms. The van der Waals surface area contributed by atoms with Gasteiger partial charge in [-0.25, -0.2) is 0 Å². The Morgan fingerprint density at radius 2 is 1.95 bits per heavy atom. The molecule has 0 fully saturated rings. The molecule has 0 amide bonds. The van der Waals surface area contributed by atoms with Crippen LogP contribution in [-0.4, -0.2) is 18.2 Å². The largest absolute Gasteiger partial charge is 0.498 e. The summed E-state index contributed by atoms with van der Waals surface area (Å²) in [6.07, 6.45) is 1.10. The summed E-state index contributed by atoms with van der Waals surface area (Å²) in [7, 11) is 0. The van der Waals surface area contributed by atoms with Crippen LogP contribution in [0.4, 0.5) is 0 Å². The monoisotopic (exact) mass is 258 g/mol. The Balaban J connectivity index is 2.16. The molecule has 0 aromatic heterocycles. The second kappa shape index (κ2) is 5.83. The number of carbonyl (C=O) groups excluding carboxylic acids is 2. The lowest BCUT2D eigenvalue weighted by molar-refractivity contribution is -0.114. The van der Waals surface area contributed by atoms with E-state index in [4.69, 9.17) is 4.74 Å². The van der Waals surface area contributed by atoms with Gasteiger partial charge in [-0.1, -0.05) is 30.3 Å². The average Bonchev–Trinajstić information content (AvgIpc) is 2.39. The first-order valence-corrected chi connectivity index (χ1v) is 6.52. The summed E-state index contributed by atoms with van der Waals surface area (Å²) in [4.78, 5) is 23.9. The van der Waals surface area contributed by atoms with Crippen LogP contribution in [0.5, 0.6) is 0 Å². The quantitative estimate of drug-likeness (QED) is 0.779. The van der Waals surface area contributed by atoms with Crippen molar-refractivity contribution in [2.45, 2.75) is 26.7 Å². The third-order valence-corrected chi connectivity index (χ3v) is 3.48. The number of ketones is 2. The van der Waals surface area contributed by atoms with Gasteiger partial charge in [0.15, 0.2) is 11.6 Å². The molecule has 0 saturated heterocycles. The molecule has 0 radical (unpaired) electrons. The van der Waals surface area contributed by atoms with E-state index in [1.165, 1.54) is 6.92 Å². The smallest absolute Gasteiger partial charge is 0.163 e. The second-order valence-electron chi connectivity index (χ2n) is 4.85. The Kier molecular flexibility index (Phi) is 4.15. The molecule has 1 aromatic carbocycles. The Labute approximate surface area is 113 Å².